The van der Waals surface area contributed by atoms with Crippen LogP contribution in [0, 0.1) is 0 Å². The number of carboxylic acid groups (broad SMARTS) is 1. The molecule has 1 heterocycles. The lowest BCUT2D eigenvalue weighted by molar-refractivity contribution is -0.268. The van der Waals surface area contributed by atoms with Crippen molar-refractivity contribution in [2.75, 3.05) is 18.0 Å². The van der Waals surface area contributed by atoms with Gasteiger partial charge in [-0.15, -0.1) is 5.10 Å². The molecule has 0 amide bonds. The number of carboxylic acids is 1. The average molecular weight is 375 g/mol. The molecule has 2 N–H and O–H groups in total. The van der Waals surface area contributed by atoms with Crippen molar-refractivity contribution in [3.05, 3.63) is 34.5 Å². The molecule has 7 nitrogen and oxygen atoms in total. The Kier molecular flexibility index (Phi) is 7.08. The summed E-state index contributed by atoms with van der Waals surface area (Å²) >= 11 is 0.925. The van der Waals surface area contributed by atoms with Gasteiger partial charge in [-0.25, -0.2) is 9.78 Å². The molecular formula is C18H23N4O3S-. The lowest BCUT2D eigenvalue weighted by Crippen LogP contribution is -2.21. The highest BCUT2D eigenvalue weighted by Gasteiger charge is 2.14. The highest BCUT2D eigenvalue weighted by molar-refractivity contribution is 8.04. The molecule has 140 valence electrons. The second-order valence-electron chi connectivity index (χ2n) is 5.62. The van der Waals surface area contributed by atoms with Crippen LogP contribution in [-0.2, 0) is 11.2 Å². The van der Waals surface area contributed by atoms with E-state index in [-0.39, 0.29) is 10.7 Å². The third-order valence-corrected chi connectivity index (χ3v) is 4.70. The number of aliphatic carboxylic acids is 1. The van der Waals surface area contributed by atoms with Gasteiger partial charge in [0.05, 0.1) is 0 Å². The van der Waals surface area contributed by atoms with Crippen LogP contribution in [0.4, 0.5) is 5.69 Å². The van der Waals surface area contributed by atoms with Crippen molar-refractivity contribution >= 4 is 29.5 Å². The summed E-state index contributed by atoms with van der Waals surface area (Å²) in [6.07, 6.45) is 3.04. The molecule has 1 aromatic heterocycles. The van der Waals surface area contributed by atoms with Crippen LogP contribution in [0.5, 0.6) is 5.75 Å². The van der Waals surface area contributed by atoms with E-state index >= 15 is 0 Å². The summed E-state index contributed by atoms with van der Waals surface area (Å²) in [6.45, 7) is 7.66. The molecule has 0 saturated carbocycles. The highest BCUT2D eigenvalue weighted by Crippen LogP contribution is 2.29. The minimum atomic E-state index is -1.12. The van der Waals surface area contributed by atoms with Crippen molar-refractivity contribution in [3.63, 3.8) is 0 Å². The van der Waals surface area contributed by atoms with Crippen LogP contribution in [-0.4, -0.2) is 39.3 Å². The molecular weight excluding hydrogens is 352 g/mol. The Labute approximate surface area is 157 Å². The summed E-state index contributed by atoms with van der Waals surface area (Å²) < 4.78 is 0. The highest BCUT2D eigenvalue weighted by atomic mass is 32.2. The van der Waals surface area contributed by atoms with E-state index in [9.17, 15) is 15.0 Å². The maximum atomic E-state index is 12.4. The predicted octanol–water partition coefficient (Wildman–Crippen LogP) is 2.89. The van der Waals surface area contributed by atoms with Gasteiger partial charge < -0.3 is 15.1 Å². The van der Waals surface area contributed by atoms with Gasteiger partial charge in [-0.05, 0) is 55.8 Å². The molecule has 0 aliphatic heterocycles. The smallest absolute Gasteiger partial charge is 0.342 e. The first-order chi connectivity index (χ1) is 12.5. The summed E-state index contributed by atoms with van der Waals surface area (Å²) in [5.41, 5.74) is 1.16. The molecule has 2 aromatic rings. The fourth-order valence-electron chi connectivity index (χ4n) is 2.47. The first-order valence-electron chi connectivity index (χ1n) is 8.58. The van der Waals surface area contributed by atoms with E-state index in [1.807, 2.05) is 26.8 Å². The van der Waals surface area contributed by atoms with Gasteiger partial charge in [-0.1, -0.05) is 18.7 Å². The normalized spacial score (nSPS) is 11.6. The van der Waals surface area contributed by atoms with Crippen LogP contribution in [0.15, 0.2) is 28.3 Å². The molecule has 0 radical (unpaired) electrons. The minimum Gasteiger partial charge on any atom is -0.872 e. The molecule has 0 unspecified atom stereocenters. The second kappa shape index (κ2) is 9.28. The zero-order valence-corrected chi connectivity index (χ0v) is 16.0. The molecule has 0 atom stereocenters. The number of carbonyl (C=O) groups is 1. The van der Waals surface area contributed by atoms with Gasteiger partial charge in [0.1, 0.15) is 10.7 Å². The van der Waals surface area contributed by atoms with Crippen LogP contribution in [0.25, 0.3) is 6.08 Å². The van der Waals surface area contributed by atoms with Crippen LogP contribution < -0.4 is 10.0 Å². The summed E-state index contributed by atoms with van der Waals surface area (Å²) in [4.78, 5) is 17.9. The third-order valence-electron chi connectivity index (χ3n) is 3.82. The van der Waals surface area contributed by atoms with Gasteiger partial charge in [0.2, 0.25) is 5.16 Å². The van der Waals surface area contributed by atoms with E-state index in [2.05, 4.69) is 20.1 Å². The van der Waals surface area contributed by atoms with Gasteiger partial charge >= 0.3 is 5.97 Å². The number of anilines is 1. The van der Waals surface area contributed by atoms with E-state index in [1.165, 1.54) is 12.1 Å². The lowest BCUT2D eigenvalue weighted by atomic mass is 10.1. The maximum Gasteiger partial charge on any atom is 0.342 e. The molecule has 1 aromatic carbocycles. The van der Waals surface area contributed by atoms with Crippen LogP contribution in [0.2, 0.25) is 0 Å². The number of hydrogen-bond acceptors (Lipinski definition) is 6. The third kappa shape index (κ3) is 5.01. The number of nitrogens with one attached hydrogen (secondary N) is 1. The van der Waals surface area contributed by atoms with Gasteiger partial charge in [0.15, 0.2) is 0 Å². The van der Waals surface area contributed by atoms with Crippen LogP contribution in [0.3, 0.4) is 0 Å². The Hall–Kier alpha value is -2.48. The first-order valence-corrected chi connectivity index (χ1v) is 9.40. The van der Waals surface area contributed by atoms with E-state index in [1.54, 1.807) is 6.07 Å². The zero-order valence-electron chi connectivity index (χ0n) is 15.2. The summed E-state index contributed by atoms with van der Waals surface area (Å²) in [5.74, 6) is -0.618. The SMILES string of the molecule is CCCc1nc(S/C(=C\c2ccc(N(CC)CC)cc2[O-])C(=O)O)n[nH]1. The van der Waals surface area contributed by atoms with E-state index < -0.39 is 5.97 Å². The molecule has 0 fully saturated rings. The van der Waals surface area contributed by atoms with E-state index in [4.69, 9.17) is 0 Å². The quantitative estimate of drug-likeness (QED) is 0.513. The number of nitrogens with zero attached hydrogens (tertiary/aromatic N) is 3. The number of aromatic amines is 1. The number of thioether (sulfide) groups is 1. The number of aryl methyl sites for hydroxylation is 1. The van der Waals surface area contributed by atoms with Gasteiger partial charge in [-0.2, -0.15) is 0 Å². The molecule has 8 heteroatoms. The van der Waals surface area contributed by atoms with Crippen LogP contribution in [0.1, 0.15) is 38.6 Å². The Bertz CT molecular complexity index is 784. The monoisotopic (exact) mass is 375 g/mol. The maximum absolute atomic E-state index is 12.4. The zero-order chi connectivity index (χ0) is 19.1. The Morgan fingerprint density at radius 2 is 2.08 bits per heavy atom. The first kappa shape index (κ1) is 19.8. The summed E-state index contributed by atoms with van der Waals surface area (Å²) in [5, 5.41) is 29.0. The van der Waals surface area contributed by atoms with Crippen molar-refractivity contribution in [1.29, 1.82) is 0 Å². The molecule has 0 spiro atoms. The number of aromatic nitrogens is 3. The Morgan fingerprint density at radius 1 is 1.35 bits per heavy atom. The Balaban J connectivity index is 2.26. The molecule has 0 aliphatic rings. The average Bonchev–Trinajstić information content (AvgIpc) is 3.05. The van der Waals surface area contributed by atoms with Crippen molar-refractivity contribution in [2.45, 2.75) is 38.8 Å². The van der Waals surface area contributed by atoms with Crippen molar-refractivity contribution in [2.24, 2.45) is 0 Å². The molecule has 26 heavy (non-hydrogen) atoms. The minimum absolute atomic E-state index is 0.000243. The lowest BCUT2D eigenvalue weighted by Gasteiger charge is -2.23. The number of H-pyrrole nitrogens is 1. The number of rotatable bonds is 9. The van der Waals surface area contributed by atoms with Gasteiger partial charge in [0, 0.05) is 25.2 Å². The Morgan fingerprint density at radius 3 is 2.65 bits per heavy atom. The molecule has 0 bridgehead atoms. The summed E-state index contributed by atoms with van der Waals surface area (Å²) in [6, 6.07) is 5.02. The van der Waals surface area contributed by atoms with Gasteiger partial charge in [-0.3, -0.25) is 5.10 Å². The van der Waals surface area contributed by atoms with E-state index in [0.717, 1.165) is 43.4 Å². The van der Waals surface area contributed by atoms with Gasteiger partial charge in [0.25, 0.3) is 0 Å². The van der Waals surface area contributed by atoms with Crippen LogP contribution >= 0.6 is 11.8 Å². The predicted molar refractivity (Wildman–Crippen MR) is 101 cm³/mol. The summed E-state index contributed by atoms with van der Waals surface area (Å²) in [7, 11) is 0. The topological polar surface area (TPSA) is 105 Å². The molecule has 0 saturated heterocycles. The molecule has 0 aliphatic carbocycles. The fourth-order valence-corrected chi connectivity index (χ4v) is 3.19. The molecule has 2 rings (SSSR count). The largest absolute Gasteiger partial charge is 0.872 e. The fraction of sp³-hybridized carbons (Fsp3) is 0.389. The second-order valence-corrected chi connectivity index (χ2v) is 6.63. The van der Waals surface area contributed by atoms with E-state index in [0.29, 0.717) is 16.5 Å². The van der Waals surface area contributed by atoms with Crippen molar-refractivity contribution in [3.8, 4) is 5.75 Å². The standard InChI is InChI=1S/C18H24N4O3S/c1-4-7-16-19-18(21-20-16)26-15(17(24)25)10-12-8-9-13(11-14(12)23)22(5-2)6-3/h8-11,23H,4-7H2,1-3H3,(H,24,25)(H,19,20,21)/p-1/b15-10-. The van der Waals surface area contributed by atoms with Crippen molar-refractivity contribution < 1.29 is 15.0 Å². The van der Waals surface area contributed by atoms with Crippen molar-refractivity contribution in [1.82, 2.24) is 15.2 Å². The number of hydrogen-bond donors (Lipinski definition) is 2. The number of benzene rings is 1.